The molecule has 1 aromatic carbocycles. The van der Waals surface area contributed by atoms with Gasteiger partial charge < -0.3 is 10.6 Å². The van der Waals surface area contributed by atoms with Gasteiger partial charge in [-0.3, -0.25) is 4.79 Å². The first-order valence-electron chi connectivity index (χ1n) is 6.73. The van der Waals surface area contributed by atoms with Crippen molar-refractivity contribution in [1.82, 2.24) is 5.32 Å². The number of halogens is 5. The maximum atomic E-state index is 12.8. The average Bonchev–Trinajstić information content (AvgIpc) is 2.90. The number of rotatable bonds is 4. The van der Waals surface area contributed by atoms with Crippen LogP contribution in [0.3, 0.4) is 0 Å². The van der Waals surface area contributed by atoms with Crippen LogP contribution in [-0.4, -0.2) is 19.0 Å². The smallest absolute Gasteiger partial charge is 0.326 e. The molecule has 2 N–H and O–H groups in total. The van der Waals surface area contributed by atoms with Crippen LogP contribution in [-0.2, 0) is 11.0 Å². The number of hydrogen-bond acceptors (Lipinski definition) is 2. The Labute approximate surface area is 141 Å². The number of benzene rings is 1. The minimum absolute atomic E-state index is 0. The van der Waals surface area contributed by atoms with E-state index in [1.165, 1.54) is 12.1 Å². The fraction of sp³-hybridized carbons (Fsp3) is 0.500. The minimum atomic E-state index is -4.45. The van der Waals surface area contributed by atoms with Gasteiger partial charge in [-0.1, -0.05) is 15.9 Å². The predicted octanol–water partition coefficient (Wildman–Crippen LogP) is 4.22. The van der Waals surface area contributed by atoms with Gasteiger partial charge >= 0.3 is 6.18 Å². The number of alkyl halides is 3. The van der Waals surface area contributed by atoms with E-state index in [-0.39, 0.29) is 28.5 Å². The van der Waals surface area contributed by atoms with Crippen molar-refractivity contribution >= 4 is 39.9 Å². The molecule has 22 heavy (non-hydrogen) atoms. The van der Waals surface area contributed by atoms with Gasteiger partial charge in [0.1, 0.15) is 0 Å². The second kappa shape index (κ2) is 8.17. The van der Waals surface area contributed by atoms with Crippen LogP contribution in [0.1, 0.15) is 24.8 Å². The van der Waals surface area contributed by atoms with E-state index in [1.54, 1.807) is 0 Å². The van der Waals surface area contributed by atoms with Crippen molar-refractivity contribution in [3.63, 3.8) is 0 Å². The number of amides is 1. The Balaban J connectivity index is 0.00000242. The Hall–Kier alpha value is -0.790. The van der Waals surface area contributed by atoms with Crippen LogP contribution in [0.15, 0.2) is 22.7 Å². The van der Waals surface area contributed by atoms with Crippen molar-refractivity contribution in [2.75, 3.05) is 18.4 Å². The van der Waals surface area contributed by atoms with Crippen molar-refractivity contribution in [3.05, 3.63) is 28.2 Å². The van der Waals surface area contributed by atoms with Gasteiger partial charge in [-0.25, -0.2) is 0 Å². The molecule has 1 aliphatic rings. The second-order valence-electron chi connectivity index (χ2n) is 5.14. The summed E-state index contributed by atoms with van der Waals surface area (Å²) in [6, 6.07) is 3.69. The standard InChI is InChI=1S/C14H16BrF3N2O.ClH/c15-12-3-2-10(7-11(12)14(16,17)18)20-13(21)4-1-9-5-6-19-8-9;/h2-3,7,9,19H,1,4-6,8H2,(H,20,21);1H. The molecule has 1 aromatic rings. The van der Waals surface area contributed by atoms with Crippen LogP contribution >= 0.6 is 28.3 Å². The highest BCUT2D eigenvalue weighted by Crippen LogP contribution is 2.36. The molecule has 1 heterocycles. The molecule has 1 amide bonds. The zero-order chi connectivity index (χ0) is 15.5. The third-order valence-electron chi connectivity index (χ3n) is 3.50. The molecule has 1 atom stereocenters. The van der Waals surface area contributed by atoms with Gasteiger partial charge in [0.2, 0.25) is 5.91 Å². The van der Waals surface area contributed by atoms with Crippen LogP contribution in [0.2, 0.25) is 0 Å². The maximum absolute atomic E-state index is 12.8. The molecule has 124 valence electrons. The van der Waals surface area contributed by atoms with Crippen LogP contribution < -0.4 is 10.6 Å². The Kier molecular flexibility index (Phi) is 7.15. The summed E-state index contributed by atoms with van der Waals surface area (Å²) in [5, 5.41) is 5.74. The summed E-state index contributed by atoms with van der Waals surface area (Å²) in [5.74, 6) is 0.226. The van der Waals surface area contributed by atoms with Crippen LogP contribution in [0.25, 0.3) is 0 Å². The van der Waals surface area contributed by atoms with Crippen LogP contribution in [0.4, 0.5) is 18.9 Å². The molecule has 2 rings (SSSR count). The molecular formula is C14H17BrClF3N2O. The van der Waals surface area contributed by atoms with E-state index in [0.29, 0.717) is 12.3 Å². The van der Waals surface area contributed by atoms with Crippen molar-refractivity contribution in [2.24, 2.45) is 5.92 Å². The largest absolute Gasteiger partial charge is 0.417 e. The Morgan fingerprint density at radius 1 is 1.41 bits per heavy atom. The maximum Gasteiger partial charge on any atom is 0.417 e. The summed E-state index contributed by atoms with van der Waals surface area (Å²) >= 11 is 2.87. The first kappa shape index (κ1) is 19.3. The van der Waals surface area contributed by atoms with E-state index < -0.39 is 11.7 Å². The summed E-state index contributed by atoms with van der Waals surface area (Å²) in [7, 11) is 0. The lowest BCUT2D eigenvalue weighted by atomic mass is 10.0. The van der Waals surface area contributed by atoms with Crippen LogP contribution in [0.5, 0.6) is 0 Å². The van der Waals surface area contributed by atoms with E-state index in [2.05, 4.69) is 26.6 Å². The first-order valence-corrected chi connectivity index (χ1v) is 7.53. The number of nitrogens with one attached hydrogen (secondary N) is 2. The van der Waals surface area contributed by atoms with Gasteiger partial charge in [-0.15, -0.1) is 12.4 Å². The summed E-state index contributed by atoms with van der Waals surface area (Å²) in [4.78, 5) is 11.8. The highest BCUT2D eigenvalue weighted by atomic mass is 79.9. The average molecular weight is 402 g/mol. The van der Waals surface area contributed by atoms with Crippen molar-refractivity contribution in [3.8, 4) is 0 Å². The molecule has 1 fully saturated rings. The summed E-state index contributed by atoms with van der Waals surface area (Å²) < 4.78 is 38.3. The van der Waals surface area contributed by atoms with Gasteiger partial charge in [0.25, 0.3) is 0 Å². The third-order valence-corrected chi connectivity index (χ3v) is 4.19. The highest BCUT2D eigenvalue weighted by Gasteiger charge is 2.33. The van der Waals surface area contributed by atoms with Gasteiger partial charge in [-0.05, 0) is 50.0 Å². The fourth-order valence-electron chi connectivity index (χ4n) is 2.34. The lowest BCUT2D eigenvalue weighted by molar-refractivity contribution is -0.138. The molecule has 0 bridgehead atoms. The SMILES string of the molecule is Cl.O=C(CCC1CCNC1)Nc1ccc(Br)c(C(F)(F)F)c1. The van der Waals surface area contributed by atoms with E-state index >= 15 is 0 Å². The van der Waals surface area contributed by atoms with Gasteiger partial charge in [0, 0.05) is 16.6 Å². The summed E-state index contributed by atoms with van der Waals surface area (Å²) in [6.07, 6.45) is -2.33. The molecule has 8 heteroatoms. The minimum Gasteiger partial charge on any atom is -0.326 e. The quantitative estimate of drug-likeness (QED) is 0.793. The lowest BCUT2D eigenvalue weighted by Gasteiger charge is -2.12. The molecule has 1 unspecified atom stereocenters. The molecule has 1 aliphatic heterocycles. The molecule has 0 spiro atoms. The van der Waals surface area contributed by atoms with Crippen molar-refractivity contribution < 1.29 is 18.0 Å². The summed E-state index contributed by atoms with van der Waals surface area (Å²) in [5.41, 5.74) is -0.625. The first-order chi connectivity index (χ1) is 9.86. The molecule has 1 saturated heterocycles. The highest BCUT2D eigenvalue weighted by molar-refractivity contribution is 9.10. The second-order valence-corrected chi connectivity index (χ2v) is 5.99. The lowest BCUT2D eigenvalue weighted by Crippen LogP contribution is -2.15. The number of carbonyl (C=O) groups is 1. The normalized spacial score (nSPS) is 17.9. The van der Waals surface area contributed by atoms with E-state index in [1.807, 2.05) is 0 Å². The van der Waals surface area contributed by atoms with Gasteiger partial charge in [-0.2, -0.15) is 13.2 Å². The molecule has 0 saturated carbocycles. The van der Waals surface area contributed by atoms with Crippen molar-refractivity contribution in [2.45, 2.75) is 25.4 Å². The monoisotopic (exact) mass is 400 g/mol. The molecule has 0 aliphatic carbocycles. The fourth-order valence-corrected chi connectivity index (χ4v) is 2.81. The zero-order valence-corrected chi connectivity index (χ0v) is 14.1. The van der Waals surface area contributed by atoms with Gasteiger partial charge in [0.05, 0.1) is 5.56 Å². The number of anilines is 1. The molecule has 3 nitrogen and oxygen atoms in total. The predicted molar refractivity (Wildman–Crippen MR) is 85.2 cm³/mol. The molecular weight excluding hydrogens is 385 g/mol. The summed E-state index contributed by atoms with van der Waals surface area (Å²) in [6.45, 7) is 1.87. The number of hydrogen-bond donors (Lipinski definition) is 2. The molecule has 0 aromatic heterocycles. The Bertz CT molecular complexity index is 519. The molecule has 0 radical (unpaired) electrons. The zero-order valence-electron chi connectivity index (χ0n) is 11.7. The topological polar surface area (TPSA) is 41.1 Å². The van der Waals surface area contributed by atoms with Crippen molar-refractivity contribution in [1.29, 1.82) is 0 Å². The third kappa shape index (κ3) is 5.44. The number of carbonyl (C=O) groups excluding carboxylic acids is 1. The van der Waals surface area contributed by atoms with E-state index in [0.717, 1.165) is 32.0 Å². The Morgan fingerprint density at radius 2 is 2.14 bits per heavy atom. The van der Waals surface area contributed by atoms with Crippen LogP contribution in [0, 0.1) is 5.92 Å². The van der Waals surface area contributed by atoms with E-state index in [4.69, 9.17) is 0 Å². The van der Waals surface area contributed by atoms with Gasteiger partial charge in [0.15, 0.2) is 0 Å². The van der Waals surface area contributed by atoms with E-state index in [9.17, 15) is 18.0 Å². The Morgan fingerprint density at radius 3 is 2.73 bits per heavy atom.